The number of fused-ring (bicyclic) bond motifs is 3. The van der Waals surface area contributed by atoms with Crippen molar-refractivity contribution in [3.8, 4) is 0 Å². The first-order chi connectivity index (χ1) is 16.4. The zero-order valence-corrected chi connectivity index (χ0v) is 18.9. The molecule has 0 aromatic heterocycles. The number of anilines is 2. The monoisotopic (exact) mass is 415 g/mol. The van der Waals surface area contributed by atoms with Crippen molar-refractivity contribution in [3.05, 3.63) is 71.1 Å². The summed E-state index contributed by atoms with van der Waals surface area (Å²) in [6.07, 6.45) is 9.44. The van der Waals surface area contributed by atoms with Crippen LogP contribution in [0, 0.1) is 18.8 Å². The summed E-state index contributed by atoms with van der Waals surface area (Å²) in [6.45, 7) is 2.15. The van der Waals surface area contributed by atoms with Gasteiger partial charge >= 0.3 is 0 Å². The third-order valence-electron chi connectivity index (χ3n) is 8.81. The maximum Gasteiger partial charge on any atom is 0.108 e. The van der Waals surface area contributed by atoms with Crippen molar-refractivity contribution in [2.45, 2.75) is 83.6 Å². The molecule has 2 aromatic carbocycles. The van der Waals surface area contributed by atoms with Gasteiger partial charge in [-0.15, -0.1) is 0 Å². The molecule has 4 aliphatic rings. The van der Waals surface area contributed by atoms with E-state index in [1.54, 1.807) is 0 Å². The van der Waals surface area contributed by atoms with Gasteiger partial charge in [-0.25, -0.2) is 0 Å². The van der Waals surface area contributed by atoms with Crippen LogP contribution in [0.4, 0.5) is 11.4 Å². The molecule has 0 spiro atoms. The van der Waals surface area contributed by atoms with E-state index in [1.165, 1.54) is 62.6 Å². The Kier molecular flexibility index (Phi) is 3.79. The number of allylic oxidation sites excluding steroid dienone is 2. The summed E-state index contributed by atoms with van der Waals surface area (Å²) in [6, 6.07) is 17.1. The molecule has 0 bridgehead atoms. The minimum Gasteiger partial charge on any atom is -0.322 e. The summed E-state index contributed by atoms with van der Waals surface area (Å²) < 4.78 is 26.2. The van der Waals surface area contributed by atoms with E-state index in [1.807, 2.05) is 12.1 Å². The molecule has 0 N–H and O–H groups in total. The molecule has 2 fully saturated rings. The maximum absolute atomic E-state index is 8.73. The van der Waals surface area contributed by atoms with Gasteiger partial charge in [0.1, 0.15) is 6.17 Å². The number of rotatable bonds is 3. The lowest BCUT2D eigenvalue weighted by molar-refractivity contribution is 0.217. The van der Waals surface area contributed by atoms with Crippen molar-refractivity contribution in [1.29, 1.82) is 0 Å². The molecule has 2 aliphatic carbocycles. The van der Waals surface area contributed by atoms with Crippen molar-refractivity contribution >= 4 is 11.4 Å². The van der Waals surface area contributed by atoms with Crippen LogP contribution >= 0.6 is 0 Å². The summed E-state index contributed by atoms with van der Waals surface area (Å²) >= 11 is 0. The van der Waals surface area contributed by atoms with Gasteiger partial charge in [-0.1, -0.05) is 62.1 Å². The fourth-order valence-corrected chi connectivity index (χ4v) is 7.69. The van der Waals surface area contributed by atoms with E-state index in [-0.39, 0.29) is 5.41 Å². The second kappa shape index (κ2) is 7.15. The average molecular weight is 416 g/mol. The molecule has 1 atom stereocenters. The summed E-state index contributed by atoms with van der Waals surface area (Å²) in [4.78, 5) is 4.42. The molecule has 1 unspecified atom stereocenters. The number of para-hydroxylation sites is 2. The van der Waals surface area contributed by atoms with Gasteiger partial charge in [-0.2, -0.15) is 0 Å². The fourth-order valence-electron chi connectivity index (χ4n) is 7.69. The molecule has 2 heterocycles. The molecule has 31 heavy (non-hydrogen) atoms. The zero-order valence-electron chi connectivity index (χ0n) is 21.9. The molecule has 0 amide bonds. The fraction of sp³-hybridized carbons (Fsp3) is 0.517. The first-order valence-corrected chi connectivity index (χ1v) is 12.3. The van der Waals surface area contributed by atoms with Crippen molar-refractivity contribution < 1.29 is 4.11 Å². The Morgan fingerprint density at radius 1 is 0.774 bits per heavy atom. The zero-order chi connectivity index (χ0) is 23.7. The molecule has 2 saturated carbocycles. The highest BCUT2D eigenvalue weighted by Crippen LogP contribution is 2.65. The predicted octanol–water partition coefficient (Wildman–Crippen LogP) is 7.53. The molecule has 2 aliphatic heterocycles. The van der Waals surface area contributed by atoms with Gasteiger partial charge in [0.25, 0.3) is 0 Å². The van der Waals surface area contributed by atoms with E-state index in [4.69, 9.17) is 4.11 Å². The highest BCUT2D eigenvalue weighted by Gasteiger charge is 2.61. The predicted molar refractivity (Wildman–Crippen MR) is 130 cm³/mol. The first kappa shape index (κ1) is 16.4. The largest absolute Gasteiger partial charge is 0.322 e. The number of nitrogens with zero attached hydrogens (tertiary/aromatic N) is 2. The second-order valence-corrected chi connectivity index (χ2v) is 10.2. The topological polar surface area (TPSA) is 6.48 Å². The lowest BCUT2D eigenvalue weighted by Crippen LogP contribution is -2.43. The van der Waals surface area contributed by atoms with E-state index in [2.05, 4.69) is 60.0 Å². The first-order valence-electron chi connectivity index (χ1n) is 13.8. The van der Waals surface area contributed by atoms with Crippen LogP contribution in [-0.2, 0) is 5.41 Å². The summed E-state index contributed by atoms with van der Waals surface area (Å²) in [7, 11) is 0. The third kappa shape index (κ3) is 2.51. The summed E-state index contributed by atoms with van der Waals surface area (Å²) in [5.41, 5.74) is 7.05. The molecular formula is C29H36N2. The molecule has 2 aromatic rings. The summed E-state index contributed by atoms with van der Waals surface area (Å²) in [5.74, 6) is 1.17. The Balaban J connectivity index is 1.67. The molecular weight excluding hydrogens is 376 g/mol. The van der Waals surface area contributed by atoms with Gasteiger partial charge in [-0.05, 0) is 81.5 Å². The molecule has 6 rings (SSSR count). The number of benzene rings is 2. The van der Waals surface area contributed by atoms with Gasteiger partial charge in [-0.3, -0.25) is 0 Å². The SMILES string of the molecule is [2H]C([2H])([2H])C1N(c2ccccc2C)C(C)=C2N1c1ccccc1C2(C1CCCC1)C1CCCC1. The Bertz CT molecular complexity index is 1110. The van der Waals surface area contributed by atoms with Crippen molar-refractivity contribution in [1.82, 2.24) is 0 Å². The van der Waals surface area contributed by atoms with Crippen LogP contribution in [0.15, 0.2) is 59.9 Å². The van der Waals surface area contributed by atoms with E-state index in [0.717, 1.165) is 22.6 Å². The van der Waals surface area contributed by atoms with E-state index >= 15 is 0 Å². The standard InChI is InChI=1S/C29H36N2/c1-20-12-4-10-18-26(20)30-21(2)28-29(23-13-5-6-14-23,24-15-7-8-16-24)25-17-9-11-19-27(25)31(28)22(30)3/h4,9-12,17-19,22-24H,5-8,13-16H2,1-3H3/i3D3. The molecule has 0 radical (unpaired) electrons. The normalized spacial score (nSPS) is 27.4. The Morgan fingerprint density at radius 3 is 1.97 bits per heavy atom. The van der Waals surface area contributed by atoms with E-state index in [9.17, 15) is 0 Å². The van der Waals surface area contributed by atoms with Crippen molar-refractivity contribution in [2.24, 2.45) is 11.8 Å². The van der Waals surface area contributed by atoms with E-state index < -0.39 is 13.0 Å². The van der Waals surface area contributed by atoms with Gasteiger partial charge in [0.05, 0.1) is 5.70 Å². The molecule has 162 valence electrons. The molecule has 2 nitrogen and oxygen atoms in total. The third-order valence-corrected chi connectivity index (χ3v) is 8.81. The quantitative estimate of drug-likeness (QED) is 0.511. The van der Waals surface area contributed by atoms with Crippen LogP contribution in [0.25, 0.3) is 0 Å². The van der Waals surface area contributed by atoms with Gasteiger partial charge < -0.3 is 9.80 Å². The minimum absolute atomic E-state index is 0.0748. The minimum atomic E-state index is -2.15. The highest BCUT2D eigenvalue weighted by molar-refractivity contribution is 5.79. The Morgan fingerprint density at radius 2 is 1.35 bits per heavy atom. The van der Waals surface area contributed by atoms with Crippen LogP contribution in [-0.4, -0.2) is 6.17 Å². The number of hydrogen-bond donors (Lipinski definition) is 0. The van der Waals surface area contributed by atoms with Crippen LogP contribution in [0.1, 0.15) is 80.4 Å². The average Bonchev–Trinajstić information content (AvgIpc) is 3.59. The van der Waals surface area contributed by atoms with Crippen LogP contribution < -0.4 is 9.80 Å². The Labute approximate surface area is 192 Å². The number of hydrogen-bond acceptors (Lipinski definition) is 2. The smallest absolute Gasteiger partial charge is 0.108 e. The lowest BCUT2D eigenvalue weighted by Gasteiger charge is -2.43. The summed E-state index contributed by atoms with van der Waals surface area (Å²) in [5, 5.41) is 0. The number of aryl methyl sites for hydroxylation is 1. The van der Waals surface area contributed by atoms with Crippen LogP contribution in [0.5, 0.6) is 0 Å². The molecule has 0 saturated heterocycles. The van der Waals surface area contributed by atoms with Gasteiger partial charge in [0, 0.05) is 26.6 Å². The van der Waals surface area contributed by atoms with Gasteiger partial charge in [0.15, 0.2) is 0 Å². The lowest BCUT2D eigenvalue weighted by atomic mass is 9.60. The highest BCUT2D eigenvalue weighted by atomic mass is 15.4. The van der Waals surface area contributed by atoms with Crippen molar-refractivity contribution in [3.63, 3.8) is 0 Å². The van der Waals surface area contributed by atoms with Crippen LogP contribution in [0.3, 0.4) is 0 Å². The molecule has 2 heteroatoms. The van der Waals surface area contributed by atoms with Gasteiger partial charge in [0.2, 0.25) is 0 Å². The van der Waals surface area contributed by atoms with E-state index in [0.29, 0.717) is 11.8 Å². The van der Waals surface area contributed by atoms with Crippen LogP contribution in [0.2, 0.25) is 0 Å². The maximum atomic E-state index is 8.73. The second-order valence-electron chi connectivity index (χ2n) is 10.2. The van der Waals surface area contributed by atoms with Crippen molar-refractivity contribution in [2.75, 3.05) is 9.80 Å². The Hall–Kier alpha value is -2.22.